The number of benzene rings is 2. The van der Waals surface area contributed by atoms with E-state index in [1.165, 1.54) is 4.31 Å². The van der Waals surface area contributed by atoms with E-state index in [2.05, 4.69) is 5.32 Å². The largest absolute Gasteiger partial charge is 0.350 e. The molecule has 0 saturated carbocycles. The lowest BCUT2D eigenvalue weighted by Crippen LogP contribution is -2.30. The van der Waals surface area contributed by atoms with Crippen LogP contribution in [0.1, 0.15) is 61.1 Å². The molecular weight excluding hydrogens is 400 g/mol. The minimum atomic E-state index is -3.51. The van der Waals surface area contributed by atoms with Crippen molar-refractivity contribution in [2.75, 3.05) is 13.1 Å². The van der Waals surface area contributed by atoms with Crippen LogP contribution in [0.2, 0.25) is 0 Å². The number of amides is 1. The van der Waals surface area contributed by atoms with E-state index < -0.39 is 10.0 Å². The Kier molecular flexibility index (Phi) is 8.32. The van der Waals surface area contributed by atoms with Crippen LogP contribution in [0.4, 0.5) is 0 Å². The molecule has 162 valence electrons. The molecule has 2 aromatic carbocycles. The Bertz CT molecular complexity index is 963. The molecule has 7 heteroatoms. The van der Waals surface area contributed by atoms with Crippen LogP contribution in [0.15, 0.2) is 53.4 Å². The molecule has 0 aliphatic carbocycles. The maximum Gasteiger partial charge on any atom is 0.243 e. The Morgan fingerprint density at radius 3 is 2.03 bits per heavy atom. The predicted octanol–water partition coefficient (Wildman–Crippen LogP) is 3.87. The smallest absolute Gasteiger partial charge is 0.243 e. The maximum absolute atomic E-state index is 12.6. The normalized spacial score (nSPS) is 12.6. The van der Waals surface area contributed by atoms with Crippen molar-refractivity contribution in [1.82, 2.24) is 9.62 Å². The van der Waals surface area contributed by atoms with Crippen LogP contribution in [0.3, 0.4) is 0 Å². The minimum absolute atomic E-state index is 0.0660. The first kappa shape index (κ1) is 23.8. The van der Waals surface area contributed by atoms with E-state index in [1.807, 2.05) is 26.0 Å². The third-order valence-electron chi connectivity index (χ3n) is 5.05. The number of nitrogens with one attached hydrogen (secondary N) is 1. The van der Waals surface area contributed by atoms with E-state index in [0.717, 1.165) is 11.1 Å². The number of aryl methyl sites for hydroxylation is 1. The molecule has 0 heterocycles. The van der Waals surface area contributed by atoms with Gasteiger partial charge in [-0.1, -0.05) is 55.8 Å². The van der Waals surface area contributed by atoms with Crippen LogP contribution in [0.5, 0.6) is 0 Å². The van der Waals surface area contributed by atoms with E-state index in [1.54, 1.807) is 50.2 Å². The zero-order valence-corrected chi connectivity index (χ0v) is 18.8. The van der Waals surface area contributed by atoms with Crippen molar-refractivity contribution in [2.45, 2.75) is 51.5 Å². The molecule has 1 unspecified atom stereocenters. The van der Waals surface area contributed by atoms with E-state index >= 15 is 0 Å². The highest BCUT2D eigenvalue weighted by Crippen LogP contribution is 2.19. The van der Waals surface area contributed by atoms with E-state index in [4.69, 9.17) is 0 Å². The number of Topliss-reactive ketones (excluding diaryl/α,β-unsaturated/α-hetero) is 1. The molecule has 2 rings (SSSR count). The van der Waals surface area contributed by atoms with Gasteiger partial charge < -0.3 is 5.32 Å². The molecule has 2 aromatic rings. The van der Waals surface area contributed by atoms with Gasteiger partial charge in [0.1, 0.15) is 0 Å². The minimum Gasteiger partial charge on any atom is -0.350 e. The number of sulfonamides is 1. The van der Waals surface area contributed by atoms with Crippen molar-refractivity contribution in [1.29, 1.82) is 0 Å². The fraction of sp³-hybridized carbons (Fsp3) is 0.391. The van der Waals surface area contributed by atoms with Gasteiger partial charge >= 0.3 is 0 Å². The Hall–Kier alpha value is -2.51. The average molecular weight is 431 g/mol. The van der Waals surface area contributed by atoms with E-state index in [9.17, 15) is 18.0 Å². The summed E-state index contributed by atoms with van der Waals surface area (Å²) in [5.41, 5.74) is 2.48. The number of ketones is 1. The molecule has 0 aromatic heterocycles. The van der Waals surface area contributed by atoms with Crippen molar-refractivity contribution in [3.63, 3.8) is 0 Å². The second kappa shape index (κ2) is 10.5. The van der Waals surface area contributed by atoms with Gasteiger partial charge in [-0.3, -0.25) is 9.59 Å². The van der Waals surface area contributed by atoms with Crippen molar-refractivity contribution in [3.05, 3.63) is 65.2 Å². The van der Waals surface area contributed by atoms with E-state index in [0.29, 0.717) is 18.7 Å². The lowest BCUT2D eigenvalue weighted by molar-refractivity contribution is -0.121. The van der Waals surface area contributed by atoms with Gasteiger partial charge in [0, 0.05) is 31.5 Å². The van der Waals surface area contributed by atoms with Gasteiger partial charge in [-0.05, 0) is 31.5 Å². The number of carbonyl (C=O) groups is 2. The summed E-state index contributed by atoms with van der Waals surface area (Å²) < 4.78 is 26.5. The molecule has 6 nitrogen and oxygen atoms in total. The molecular formula is C23H30N2O4S. The lowest BCUT2D eigenvalue weighted by Gasteiger charge is -2.19. The molecule has 0 fully saturated rings. The summed E-state index contributed by atoms with van der Waals surface area (Å²) in [6, 6.07) is 13.5. The van der Waals surface area contributed by atoms with Gasteiger partial charge in [-0.15, -0.1) is 0 Å². The first-order chi connectivity index (χ1) is 14.2. The molecule has 1 atom stereocenters. The lowest BCUT2D eigenvalue weighted by atomic mass is 10.0. The van der Waals surface area contributed by atoms with Gasteiger partial charge in [-0.25, -0.2) is 8.42 Å². The molecule has 30 heavy (non-hydrogen) atoms. The van der Waals surface area contributed by atoms with Gasteiger partial charge in [0.2, 0.25) is 15.9 Å². The monoisotopic (exact) mass is 430 g/mol. The number of hydrogen-bond donors (Lipinski definition) is 1. The average Bonchev–Trinajstić information content (AvgIpc) is 2.73. The molecule has 0 radical (unpaired) electrons. The quantitative estimate of drug-likeness (QED) is 0.580. The second-order valence-electron chi connectivity index (χ2n) is 7.24. The fourth-order valence-electron chi connectivity index (χ4n) is 3.15. The molecule has 1 amide bonds. The predicted molar refractivity (Wildman–Crippen MR) is 118 cm³/mol. The highest BCUT2D eigenvalue weighted by atomic mass is 32.2. The first-order valence-electron chi connectivity index (χ1n) is 10.2. The van der Waals surface area contributed by atoms with Crippen molar-refractivity contribution < 1.29 is 18.0 Å². The summed E-state index contributed by atoms with van der Waals surface area (Å²) in [7, 11) is -3.51. The van der Waals surface area contributed by atoms with Crippen LogP contribution in [-0.2, 0) is 14.8 Å². The van der Waals surface area contributed by atoms with Crippen LogP contribution in [0, 0.1) is 6.92 Å². The Morgan fingerprint density at radius 1 is 0.933 bits per heavy atom. The van der Waals surface area contributed by atoms with E-state index in [-0.39, 0.29) is 35.5 Å². The molecule has 0 aliphatic rings. The number of rotatable bonds is 10. The van der Waals surface area contributed by atoms with Gasteiger partial charge in [0.05, 0.1) is 10.9 Å². The molecule has 1 N–H and O–H groups in total. The van der Waals surface area contributed by atoms with Crippen molar-refractivity contribution in [3.8, 4) is 0 Å². The van der Waals surface area contributed by atoms with Gasteiger partial charge in [0.15, 0.2) is 5.78 Å². The van der Waals surface area contributed by atoms with Crippen LogP contribution < -0.4 is 5.32 Å². The molecule has 0 aliphatic heterocycles. The molecule has 0 saturated heterocycles. The van der Waals surface area contributed by atoms with Crippen LogP contribution >= 0.6 is 0 Å². The molecule has 0 spiro atoms. The van der Waals surface area contributed by atoms with Crippen LogP contribution in [-0.4, -0.2) is 37.5 Å². The summed E-state index contributed by atoms with van der Waals surface area (Å²) in [6.07, 6.45) is 0.244. The fourth-order valence-corrected chi connectivity index (χ4v) is 4.61. The summed E-state index contributed by atoms with van der Waals surface area (Å²) >= 11 is 0. The Labute approximate surface area is 179 Å². The van der Waals surface area contributed by atoms with Gasteiger partial charge in [-0.2, -0.15) is 4.31 Å². The SMILES string of the molecule is CCN(CC)S(=O)(=O)c1ccc(C(C)NC(=O)CCC(=O)c2ccc(C)cc2)cc1. The van der Waals surface area contributed by atoms with Crippen molar-refractivity contribution >= 4 is 21.7 Å². The highest BCUT2D eigenvalue weighted by molar-refractivity contribution is 7.89. The summed E-state index contributed by atoms with van der Waals surface area (Å²) in [5.74, 6) is -0.286. The zero-order valence-electron chi connectivity index (χ0n) is 18.0. The number of hydrogen-bond acceptors (Lipinski definition) is 4. The third kappa shape index (κ3) is 6.00. The molecule has 0 bridgehead atoms. The summed E-state index contributed by atoms with van der Waals surface area (Å²) in [5, 5.41) is 2.86. The Morgan fingerprint density at radius 2 is 1.50 bits per heavy atom. The standard InChI is InChI=1S/C23H30N2O4S/c1-5-25(6-2)30(28,29)21-13-11-19(12-14-21)18(4)24-23(27)16-15-22(26)20-9-7-17(3)8-10-20/h7-14,18H,5-6,15-16H2,1-4H3,(H,24,27). The summed E-state index contributed by atoms with van der Waals surface area (Å²) in [4.78, 5) is 24.7. The maximum atomic E-state index is 12.6. The summed E-state index contributed by atoms with van der Waals surface area (Å²) in [6.45, 7) is 8.21. The van der Waals surface area contributed by atoms with Crippen molar-refractivity contribution in [2.24, 2.45) is 0 Å². The highest BCUT2D eigenvalue weighted by Gasteiger charge is 2.21. The second-order valence-corrected chi connectivity index (χ2v) is 9.17. The number of nitrogens with zero attached hydrogens (tertiary/aromatic N) is 1. The van der Waals surface area contributed by atoms with Gasteiger partial charge in [0.25, 0.3) is 0 Å². The Balaban J connectivity index is 1.93. The van der Waals surface area contributed by atoms with Crippen LogP contribution in [0.25, 0.3) is 0 Å². The topological polar surface area (TPSA) is 83.6 Å². The first-order valence-corrected chi connectivity index (χ1v) is 11.6. The zero-order chi connectivity index (χ0) is 22.3. The number of carbonyl (C=O) groups excluding carboxylic acids is 2. The third-order valence-corrected chi connectivity index (χ3v) is 7.12.